The van der Waals surface area contributed by atoms with Gasteiger partial charge in [-0.3, -0.25) is 0 Å². The fourth-order valence-corrected chi connectivity index (χ4v) is 9.29. The van der Waals surface area contributed by atoms with Gasteiger partial charge in [0.25, 0.3) is 0 Å². The molecule has 0 aliphatic rings. The highest BCUT2D eigenvalue weighted by Crippen LogP contribution is 2.49. The largest absolute Gasteiger partial charge is 0.455 e. The summed E-state index contributed by atoms with van der Waals surface area (Å²) in [4.78, 5) is 2.46. The maximum Gasteiger partial charge on any atom is 0.145 e. The van der Waals surface area contributed by atoms with Crippen molar-refractivity contribution < 1.29 is 4.42 Å². The zero-order valence-electron chi connectivity index (χ0n) is 27.5. The molecule has 11 rings (SSSR count). The second-order valence-electron chi connectivity index (χ2n) is 13.2. The van der Waals surface area contributed by atoms with Crippen LogP contribution < -0.4 is 4.90 Å². The van der Waals surface area contributed by atoms with Crippen LogP contribution >= 0.6 is 11.3 Å². The van der Waals surface area contributed by atoms with Gasteiger partial charge in [0, 0.05) is 42.2 Å². The molecule has 0 aliphatic carbocycles. The van der Waals surface area contributed by atoms with Crippen LogP contribution in [-0.2, 0) is 0 Å². The van der Waals surface area contributed by atoms with Crippen molar-refractivity contribution in [1.82, 2.24) is 0 Å². The lowest BCUT2D eigenvalue weighted by atomic mass is 9.95. The molecule has 2 aromatic heterocycles. The zero-order valence-corrected chi connectivity index (χ0v) is 28.3. The Hall–Kier alpha value is -6.42. The monoisotopic (exact) mass is 667 g/mol. The van der Waals surface area contributed by atoms with Gasteiger partial charge in [0.05, 0.1) is 16.8 Å². The molecule has 2 heterocycles. The number of hydrogen-bond acceptors (Lipinski definition) is 3. The molecule has 0 saturated heterocycles. The van der Waals surface area contributed by atoms with Crippen molar-refractivity contribution in [2.75, 3.05) is 4.90 Å². The SMILES string of the molecule is c1ccc2c(-c3ccc(N(c4ccc5c(c4)sc4ccccc45)c4cccc5c4ccc4ccccc45)c4c3oc3ccccc34)cccc2c1. The summed E-state index contributed by atoms with van der Waals surface area (Å²) >= 11 is 1.85. The minimum absolute atomic E-state index is 0.880. The van der Waals surface area contributed by atoms with Crippen molar-refractivity contribution in [3.8, 4) is 11.1 Å². The van der Waals surface area contributed by atoms with Gasteiger partial charge >= 0.3 is 0 Å². The Morgan fingerprint density at radius 2 is 1.06 bits per heavy atom. The molecule has 0 N–H and O–H groups in total. The smallest absolute Gasteiger partial charge is 0.145 e. The molecule has 0 radical (unpaired) electrons. The molecule has 0 amide bonds. The van der Waals surface area contributed by atoms with Crippen LogP contribution in [0.3, 0.4) is 0 Å². The van der Waals surface area contributed by atoms with Gasteiger partial charge in [0.15, 0.2) is 0 Å². The highest BCUT2D eigenvalue weighted by Gasteiger charge is 2.24. The number of thiophene rings is 1. The molecule has 3 heteroatoms. The lowest BCUT2D eigenvalue weighted by molar-refractivity contribution is 0.670. The normalized spacial score (nSPS) is 11.9. The Bertz CT molecular complexity index is 3160. The van der Waals surface area contributed by atoms with Gasteiger partial charge in [-0.2, -0.15) is 0 Å². The summed E-state index contributed by atoms with van der Waals surface area (Å²) in [6, 6.07) is 63.8. The van der Waals surface area contributed by atoms with Gasteiger partial charge in [0.2, 0.25) is 0 Å². The highest BCUT2D eigenvalue weighted by atomic mass is 32.1. The Kier molecular flexibility index (Phi) is 6.16. The third-order valence-corrected chi connectivity index (χ3v) is 11.6. The fourth-order valence-electron chi connectivity index (χ4n) is 8.15. The molecule has 0 unspecified atom stereocenters. The molecule has 51 heavy (non-hydrogen) atoms. The van der Waals surface area contributed by atoms with Crippen LogP contribution in [0.15, 0.2) is 180 Å². The summed E-state index contributed by atoms with van der Waals surface area (Å²) in [5.41, 5.74) is 7.35. The van der Waals surface area contributed by atoms with Crippen molar-refractivity contribution in [1.29, 1.82) is 0 Å². The van der Waals surface area contributed by atoms with Crippen molar-refractivity contribution >= 4 is 103 Å². The van der Waals surface area contributed by atoms with Crippen LogP contribution in [0.1, 0.15) is 0 Å². The number of hydrogen-bond donors (Lipinski definition) is 0. The van der Waals surface area contributed by atoms with Crippen LogP contribution in [0.4, 0.5) is 17.1 Å². The van der Waals surface area contributed by atoms with Crippen molar-refractivity contribution in [3.63, 3.8) is 0 Å². The molecular weight excluding hydrogens is 639 g/mol. The van der Waals surface area contributed by atoms with E-state index in [0.29, 0.717) is 0 Å². The molecule has 0 bridgehead atoms. The Morgan fingerprint density at radius 3 is 1.96 bits per heavy atom. The second kappa shape index (κ2) is 11.0. The molecule has 0 aliphatic heterocycles. The van der Waals surface area contributed by atoms with Gasteiger partial charge in [-0.25, -0.2) is 0 Å². The van der Waals surface area contributed by atoms with Gasteiger partial charge in [-0.1, -0.05) is 133 Å². The maximum absolute atomic E-state index is 6.88. The van der Waals surface area contributed by atoms with E-state index in [1.165, 1.54) is 58.1 Å². The number of benzene rings is 9. The molecule has 9 aromatic carbocycles. The number of para-hydroxylation sites is 1. The third kappa shape index (κ3) is 4.29. The number of anilines is 3. The molecule has 0 atom stereocenters. The van der Waals surface area contributed by atoms with Crippen LogP contribution in [-0.4, -0.2) is 0 Å². The second-order valence-corrected chi connectivity index (χ2v) is 14.3. The molecule has 2 nitrogen and oxygen atoms in total. The van der Waals surface area contributed by atoms with Gasteiger partial charge in [0.1, 0.15) is 11.2 Å². The standard InChI is InChI=1S/C48H29NOS/c1-3-14-33-30(11-1)13-9-18-36(33)40-27-28-43(47-41-17-5-7-21-44(41)50-48(40)47)49(32-24-26-39-38-16-6-8-22-45(38)51-46(39)29-32)42-20-10-19-35-34-15-4-2-12-31(34)23-25-37(35)42/h1-29H. The minimum atomic E-state index is 0.880. The molecule has 238 valence electrons. The summed E-state index contributed by atoms with van der Waals surface area (Å²) in [5.74, 6) is 0. The molecule has 0 saturated carbocycles. The molecular formula is C48H29NOS. The lowest BCUT2D eigenvalue weighted by Crippen LogP contribution is -2.11. The first-order valence-electron chi connectivity index (χ1n) is 17.3. The first-order valence-corrected chi connectivity index (χ1v) is 18.2. The van der Waals surface area contributed by atoms with Crippen molar-refractivity contribution in [2.24, 2.45) is 0 Å². The molecule has 0 fully saturated rings. The maximum atomic E-state index is 6.88. The first kappa shape index (κ1) is 28.4. The summed E-state index contributed by atoms with van der Waals surface area (Å²) in [5, 5.41) is 12.1. The van der Waals surface area contributed by atoms with E-state index in [1.807, 2.05) is 11.3 Å². The highest BCUT2D eigenvalue weighted by molar-refractivity contribution is 7.25. The van der Waals surface area contributed by atoms with E-state index in [1.54, 1.807) is 0 Å². The Balaban J connectivity index is 1.25. The first-order chi connectivity index (χ1) is 25.3. The number of furan rings is 1. The minimum Gasteiger partial charge on any atom is -0.455 e. The van der Waals surface area contributed by atoms with E-state index < -0.39 is 0 Å². The Labute approximate surface area is 298 Å². The molecule has 11 aromatic rings. The van der Waals surface area contributed by atoms with Gasteiger partial charge < -0.3 is 9.32 Å². The van der Waals surface area contributed by atoms with Crippen molar-refractivity contribution in [2.45, 2.75) is 0 Å². The summed E-state index contributed by atoms with van der Waals surface area (Å²) in [7, 11) is 0. The summed E-state index contributed by atoms with van der Waals surface area (Å²) in [6.45, 7) is 0. The van der Waals surface area contributed by atoms with Gasteiger partial charge in [-0.15, -0.1) is 11.3 Å². The number of fused-ring (bicyclic) bond motifs is 10. The number of nitrogens with zero attached hydrogens (tertiary/aromatic N) is 1. The van der Waals surface area contributed by atoms with Crippen LogP contribution in [0.5, 0.6) is 0 Å². The average Bonchev–Trinajstić information content (AvgIpc) is 3.77. The zero-order chi connectivity index (χ0) is 33.5. The lowest BCUT2D eigenvalue weighted by Gasteiger charge is -2.28. The summed E-state index contributed by atoms with van der Waals surface area (Å²) < 4.78 is 9.45. The van der Waals surface area contributed by atoms with Crippen LogP contribution in [0, 0.1) is 0 Å². The quantitative estimate of drug-likeness (QED) is 0.174. The predicted octanol–water partition coefficient (Wildman–Crippen LogP) is 14.6. The van der Waals surface area contributed by atoms with E-state index in [0.717, 1.165) is 44.6 Å². The van der Waals surface area contributed by atoms with E-state index in [9.17, 15) is 0 Å². The predicted molar refractivity (Wildman–Crippen MR) is 219 cm³/mol. The third-order valence-electron chi connectivity index (χ3n) is 10.4. The fraction of sp³-hybridized carbons (Fsp3) is 0. The van der Waals surface area contributed by atoms with Crippen LogP contribution in [0.25, 0.3) is 85.6 Å². The Morgan fingerprint density at radius 1 is 0.392 bits per heavy atom. The van der Waals surface area contributed by atoms with E-state index in [-0.39, 0.29) is 0 Å². The van der Waals surface area contributed by atoms with E-state index >= 15 is 0 Å². The average molecular weight is 668 g/mol. The van der Waals surface area contributed by atoms with Gasteiger partial charge in [-0.05, 0) is 75.0 Å². The van der Waals surface area contributed by atoms with Crippen molar-refractivity contribution in [3.05, 3.63) is 176 Å². The number of rotatable bonds is 4. The van der Waals surface area contributed by atoms with E-state index in [4.69, 9.17) is 4.42 Å². The van der Waals surface area contributed by atoms with Crippen LogP contribution in [0.2, 0.25) is 0 Å². The topological polar surface area (TPSA) is 16.4 Å². The van der Waals surface area contributed by atoms with E-state index in [2.05, 4.69) is 181 Å². The molecule has 0 spiro atoms. The summed E-state index contributed by atoms with van der Waals surface area (Å²) in [6.07, 6.45) is 0.